The average molecular weight is 239 g/mol. The van der Waals surface area contributed by atoms with Gasteiger partial charge in [0.15, 0.2) is 0 Å². The molecule has 1 heterocycles. The van der Waals surface area contributed by atoms with Gasteiger partial charge in [0, 0.05) is 12.1 Å². The molecule has 88 valence electrons. The zero-order valence-corrected chi connectivity index (χ0v) is 10.7. The number of anilines is 1. The van der Waals surface area contributed by atoms with E-state index in [-0.39, 0.29) is 0 Å². The predicted octanol–water partition coefficient (Wildman–Crippen LogP) is 3.30. The molecule has 2 N–H and O–H groups in total. The van der Waals surface area contributed by atoms with Gasteiger partial charge in [-0.3, -0.25) is 4.90 Å². The van der Waals surface area contributed by atoms with Gasteiger partial charge in [-0.25, -0.2) is 0 Å². The number of hydrogen-bond acceptors (Lipinski definition) is 2. The number of halogens is 1. The predicted molar refractivity (Wildman–Crippen MR) is 69.6 cm³/mol. The SMILES string of the molecule is CC1(C)CCCN1Cc1ccc(Cl)c(N)c1. The molecule has 0 aromatic heterocycles. The smallest absolute Gasteiger partial charge is 0.0635 e. The van der Waals surface area contributed by atoms with Gasteiger partial charge >= 0.3 is 0 Å². The van der Waals surface area contributed by atoms with Crippen molar-refractivity contribution in [3.05, 3.63) is 28.8 Å². The van der Waals surface area contributed by atoms with Crippen LogP contribution < -0.4 is 5.73 Å². The van der Waals surface area contributed by atoms with E-state index in [4.69, 9.17) is 17.3 Å². The summed E-state index contributed by atoms with van der Waals surface area (Å²) in [7, 11) is 0. The fourth-order valence-corrected chi connectivity index (χ4v) is 2.49. The standard InChI is InChI=1S/C13H19ClN2/c1-13(2)6-3-7-16(13)9-10-4-5-11(14)12(15)8-10/h4-5,8H,3,6-7,9,15H2,1-2H3. The van der Waals surface area contributed by atoms with Gasteiger partial charge in [-0.05, 0) is 50.9 Å². The van der Waals surface area contributed by atoms with Crippen LogP contribution in [0.2, 0.25) is 5.02 Å². The summed E-state index contributed by atoms with van der Waals surface area (Å²) in [5.74, 6) is 0. The molecule has 2 rings (SSSR count). The van der Waals surface area contributed by atoms with Crippen LogP contribution in [0.1, 0.15) is 32.3 Å². The normalized spacial score (nSPS) is 20.2. The van der Waals surface area contributed by atoms with E-state index in [2.05, 4.69) is 24.8 Å². The lowest BCUT2D eigenvalue weighted by atomic mass is 10.0. The van der Waals surface area contributed by atoms with Gasteiger partial charge in [-0.15, -0.1) is 0 Å². The van der Waals surface area contributed by atoms with Crippen LogP contribution in [-0.4, -0.2) is 17.0 Å². The Kier molecular flexibility index (Phi) is 3.13. The third-order valence-electron chi connectivity index (χ3n) is 3.51. The summed E-state index contributed by atoms with van der Waals surface area (Å²) in [6.07, 6.45) is 2.56. The van der Waals surface area contributed by atoms with Crippen molar-refractivity contribution in [2.45, 2.75) is 38.8 Å². The van der Waals surface area contributed by atoms with Crippen molar-refractivity contribution in [1.29, 1.82) is 0 Å². The van der Waals surface area contributed by atoms with Crippen molar-refractivity contribution in [1.82, 2.24) is 4.90 Å². The zero-order valence-electron chi connectivity index (χ0n) is 9.96. The number of benzene rings is 1. The molecule has 1 saturated heterocycles. The fourth-order valence-electron chi connectivity index (χ4n) is 2.37. The average Bonchev–Trinajstić information content (AvgIpc) is 2.52. The second-order valence-corrected chi connectivity index (χ2v) is 5.60. The maximum absolute atomic E-state index is 5.91. The third-order valence-corrected chi connectivity index (χ3v) is 3.85. The Hall–Kier alpha value is -0.730. The van der Waals surface area contributed by atoms with Crippen molar-refractivity contribution in [3.63, 3.8) is 0 Å². The van der Waals surface area contributed by atoms with E-state index in [9.17, 15) is 0 Å². The highest BCUT2D eigenvalue weighted by molar-refractivity contribution is 6.33. The Morgan fingerprint density at radius 2 is 2.19 bits per heavy atom. The second kappa shape index (κ2) is 4.27. The summed E-state index contributed by atoms with van der Waals surface area (Å²) in [6.45, 7) is 6.75. The first-order chi connectivity index (χ1) is 7.49. The van der Waals surface area contributed by atoms with Crippen LogP contribution in [-0.2, 0) is 6.54 Å². The summed E-state index contributed by atoms with van der Waals surface area (Å²) in [6, 6.07) is 5.93. The summed E-state index contributed by atoms with van der Waals surface area (Å²) in [4.78, 5) is 2.51. The van der Waals surface area contributed by atoms with Crippen LogP contribution >= 0.6 is 11.6 Å². The van der Waals surface area contributed by atoms with Crippen molar-refractivity contribution in [2.75, 3.05) is 12.3 Å². The minimum atomic E-state index is 0.314. The van der Waals surface area contributed by atoms with E-state index < -0.39 is 0 Å². The van der Waals surface area contributed by atoms with Crippen LogP contribution in [0.5, 0.6) is 0 Å². The quantitative estimate of drug-likeness (QED) is 0.802. The Bertz CT molecular complexity index is 388. The van der Waals surface area contributed by atoms with E-state index in [0.29, 0.717) is 16.2 Å². The number of rotatable bonds is 2. The molecule has 0 radical (unpaired) electrons. The molecular formula is C13H19ClN2. The largest absolute Gasteiger partial charge is 0.398 e. The van der Waals surface area contributed by atoms with E-state index in [0.717, 1.165) is 6.54 Å². The highest BCUT2D eigenvalue weighted by atomic mass is 35.5. The third kappa shape index (κ3) is 2.33. The maximum Gasteiger partial charge on any atom is 0.0635 e. The lowest BCUT2D eigenvalue weighted by Gasteiger charge is -2.31. The van der Waals surface area contributed by atoms with Crippen LogP contribution in [0.4, 0.5) is 5.69 Å². The van der Waals surface area contributed by atoms with E-state index in [1.54, 1.807) is 0 Å². The molecule has 3 heteroatoms. The van der Waals surface area contributed by atoms with Crippen LogP contribution in [0.15, 0.2) is 18.2 Å². The first-order valence-corrected chi connectivity index (χ1v) is 6.16. The molecule has 1 aliphatic rings. The van der Waals surface area contributed by atoms with Gasteiger partial charge in [0.05, 0.1) is 10.7 Å². The molecule has 1 aliphatic heterocycles. The first-order valence-electron chi connectivity index (χ1n) is 5.78. The molecule has 0 unspecified atom stereocenters. The van der Waals surface area contributed by atoms with Crippen LogP contribution in [0, 0.1) is 0 Å². The summed E-state index contributed by atoms with van der Waals surface area (Å²) in [5.41, 5.74) is 8.05. The molecule has 1 aromatic rings. The van der Waals surface area contributed by atoms with Gasteiger partial charge in [0.2, 0.25) is 0 Å². The molecule has 0 aliphatic carbocycles. The second-order valence-electron chi connectivity index (χ2n) is 5.19. The number of nitrogens with zero attached hydrogens (tertiary/aromatic N) is 1. The summed E-state index contributed by atoms with van der Waals surface area (Å²) in [5, 5.41) is 0.643. The number of likely N-dealkylation sites (tertiary alicyclic amines) is 1. The lowest BCUT2D eigenvalue weighted by Crippen LogP contribution is -2.37. The molecule has 0 spiro atoms. The highest BCUT2D eigenvalue weighted by Gasteiger charge is 2.31. The zero-order chi connectivity index (χ0) is 11.8. The minimum Gasteiger partial charge on any atom is -0.398 e. The molecule has 0 saturated carbocycles. The Morgan fingerprint density at radius 3 is 2.75 bits per heavy atom. The van der Waals surface area contributed by atoms with Crippen molar-refractivity contribution in [2.24, 2.45) is 0 Å². The Balaban J connectivity index is 2.12. The van der Waals surface area contributed by atoms with E-state index in [1.807, 2.05) is 12.1 Å². The fraction of sp³-hybridized carbons (Fsp3) is 0.538. The number of hydrogen-bond donors (Lipinski definition) is 1. The molecule has 0 amide bonds. The summed E-state index contributed by atoms with van der Waals surface area (Å²) < 4.78 is 0. The topological polar surface area (TPSA) is 29.3 Å². The highest BCUT2D eigenvalue weighted by Crippen LogP contribution is 2.30. The van der Waals surface area contributed by atoms with E-state index >= 15 is 0 Å². The maximum atomic E-state index is 5.91. The Labute approximate surface area is 102 Å². The number of nitrogen functional groups attached to an aromatic ring is 1. The van der Waals surface area contributed by atoms with Gasteiger partial charge in [-0.1, -0.05) is 17.7 Å². The van der Waals surface area contributed by atoms with Crippen molar-refractivity contribution in [3.8, 4) is 0 Å². The first kappa shape index (κ1) is 11.7. The number of nitrogens with two attached hydrogens (primary N) is 1. The van der Waals surface area contributed by atoms with Crippen molar-refractivity contribution < 1.29 is 0 Å². The molecule has 1 fully saturated rings. The van der Waals surface area contributed by atoms with Crippen molar-refractivity contribution >= 4 is 17.3 Å². The van der Waals surface area contributed by atoms with Crippen LogP contribution in [0.3, 0.4) is 0 Å². The van der Waals surface area contributed by atoms with Crippen LogP contribution in [0.25, 0.3) is 0 Å². The van der Waals surface area contributed by atoms with Gasteiger partial charge in [0.25, 0.3) is 0 Å². The molecular weight excluding hydrogens is 220 g/mol. The Morgan fingerprint density at radius 1 is 1.44 bits per heavy atom. The molecule has 1 aromatic carbocycles. The molecule has 0 atom stereocenters. The molecule has 0 bridgehead atoms. The van der Waals surface area contributed by atoms with Gasteiger partial charge in [-0.2, -0.15) is 0 Å². The lowest BCUT2D eigenvalue weighted by molar-refractivity contribution is 0.166. The molecule has 16 heavy (non-hydrogen) atoms. The summed E-state index contributed by atoms with van der Waals surface area (Å²) >= 11 is 5.91. The minimum absolute atomic E-state index is 0.314. The van der Waals surface area contributed by atoms with Gasteiger partial charge < -0.3 is 5.73 Å². The molecule has 2 nitrogen and oxygen atoms in total. The van der Waals surface area contributed by atoms with E-state index in [1.165, 1.54) is 24.9 Å². The monoisotopic (exact) mass is 238 g/mol. The van der Waals surface area contributed by atoms with Gasteiger partial charge in [0.1, 0.15) is 0 Å².